The summed E-state index contributed by atoms with van der Waals surface area (Å²) in [7, 11) is 0. The predicted molar refractivity (Wildman–Crippen MR) is 107 cm³/mol. The second-order valence-corrected chi connectivity index (χ2v) is 8.49. The van der Waals surface area contributed by atoms with E-state index in [9.17, 15) is 14.4 Å². The highest BCUT2D eigenvalue weighted by atomic mass is 32.2. The van der Waals surface area contributed by atoms with Gasteiger partial charge in [-0.1, -0.05) is 36.4 Å². The molecule has 0 atom stereocenters. The Morgan fingerprint density at radius 1 is 1.15 bits per heavy atom. The maximum absolute atomic E-state index is 12.9. The second kappa shape index (κ2) is 7.70. The van der Waals surface area contributed by atoms with Crippen molar-refractivity contribution in [1.82, 2.24) is 9.80 Å². The summed E-state index contributed by atoms with van der Waals surface area (Å²) in [4.78, 5) is 41.9. The summed E-state index contributed by atoms with van der Waals surface area (Å²) in [5, 5.41) is 1.53. The first kappa shape index (κ1) is 18.0. The number of hydrogen-bond acceptors (Lipinski definition) is 5. The van der Waals surface area contributed by atoms with Crippen LogP contribution in [0.25, 0.3) is 6.08 Å². The normalized spacial score (nSPS) is 18.4. The molecule has 138 valence electrons. The average molecular weight is 399 g/mol. The van der Waals surface area contributed by atoms with Gasteiger partial charge in [-0.05, 0) is 47.7 Å². The summed E-state index contributed by atoms with van der Waals surface area (Å²) in [5.74, 6) is -0.566. The van der Waals surface area contributed by atoms with E-state index in [1.807, 2.05) is 47.8 Å². The quantitative estimate of drug-likeness (QED) is 0.691. The smallest absolute Gasteiger partial charge is 0.294 e. The number of thiophene rings is 1. The van der Waals surface area contributed by atoms with E-state index < -0.39 is 0 Å². The Hall–Kier alpha value is -2.38. The summed E-state index contributed by atoms with van der Waals surface area (Å²) in [6, 6.07) is 13.8. The van der Waals surface area contributed by atoms with Gasteiger partial charge in [0.05, 0.1) is 4.91 Å². The number of rotatable bonds is 6. The molecule has 1 saturated carbocycles. The van der Waals surface area contributed by atoms with Crippen LogP contribution in [0.4, 0.5) is 4.79 Å². The zero-order chi connectivity index (χ0) is 18.8. The van der Waals surface area contributed by atoms with E-state index in [0.717, 1.165) is 39.9 Å². The lowest BCUT2D eigenvalue weighted by Crippen LogP contribution is -2.42. The molecule has 0 N–H and O–H groups in total. The van der Waals surface area contributed by atoms with E-state index >= 15 is 0 Å². The molecule has 2 aromatic rings. The molecule has 1 saturated heterocycles. The van der Waals surface area contributed by atoms with Crippen LogP contribution in [-0.2, 0) is 16.1 Å². The molecule has 1 aromatic carbocycles. The molecule has 27 heavy (non-hydrogen) atoms. The number of carbonyl (C=O) groups excluding carboxylic acids is 3. The first-order chi connectivity index (χ1) is 13.1. The Morgan fingerprint density at radius 3 is 2.59 bits per heavy atom. The third kappa shape index (κ3) is 4.14. The first-order valence-corrected chi connectivity index (χ1v) is 10.4. The molecule has 0 bridgehead atoms. The monoisotopic (exact) mass is 398 g/mol. The minimum Gasteiger partial charge on any atom is -0.334 e. The van der Waals surface area contributed by atoms with Crippen LogP contribution in [0.3, 0.4) is 0 Å². The second-order valence-electron chi connectivity index (χ2n) is 6.52. The van der Waals surface area contributed by atoms with Crippen molar-refractivity contribution >= 4 is 46.2 Å². The molecule has 1 aliphatic heterocycles. The molecule has 0 spiro atoms. The highest BCUT2D eigenvalue weighted by Crippen LogP contribution is 2.34. The van der Waals surface area contributed by atoms with Crippen molar-refractivity contribution in [3.63, 3.8) is 0 Å². The van der Waals surface area contributed by atoms with Gasteiger partial charge in [-0.15, -0.1) is 11.3 Å². The molecule has 2 aliphatic rings. The van der Waals surface area contributed by atoms with Crippen molar-refractivity contribution in [2.45, 2.75) is 25.4 Å². The maximum atomic E-state index is 12.9. The van der Waals surface area contributed by atoms with Gasteiger partial charge in [0.25, 0.3) is 11.1 Å². The van der Waals surface area contributed by atoms with Gasteiger partial charge < -0.3 is 4.90 Å². The number of hydrogen-bond donors (Lipinski definition) is 0. The fraction of sp³-hybridized carbons (Fsp3) is 0.250. The summed E-state index contributed by atoms with van der Waals surface area (Å²) >= 11 is 2.40. The van der Waals surface area contributed by atoms with Gasteiger partial charge in [-0.25, -0.2) is 0 Å². The largest absolute Gasteiger partial charge is 0.334 e. The molecular formula is C20H18N2O3S2. The molecule has 2 fully saturated rings. The lowest BCUT2D eigenvalue weighted by Gasteiger charge is -2.24. The van der Waals surface area contributed by atoms with Crippen molar-refractivity contribution in [1.29, 1.82) is 0 Å². The highest BCUT2D eigenvalue weighted by molar-refractivity contribution is 8.18. The molecule has 1 aliphatic carbocycles. The Labute approximate surface area is 165 Å². The van der Waals surface area contributed by atoms with E-state index in [4.69, 9.17) is 0 Å². The molecular weight excluding hydrogens is 380 g/mol. The fourth-order valence-corrected chi connectivity index (χ4v) is 4.51. The fourth-order valence-electron chi connectivity index (χ4n) is 2.95. The molecule has 0 unspecified atom stereocenters. The van der Waals surface area contributed by atoms with Crippen LogP contribution in [-0.4, -0.2) is 39.4 Å². The Morgan fingerprint density at radius 2 is 1.93 bits per heavy atom. The first-order valence-electron chi connectivity index (χ1n) is 8.74. The van der Waals surface area contributed by atoms with Gasteiger partial charge in [0, 0.05) is 17.5 Å². The standard InChI is InChI=1S/C20H18N2O3S2/c23-18(21(15-8-9-15)12-14-5-2-1-3-6-14)13-22-19(24)17(27-20(22)25)11-16-7-4-10-26-16/h1-7,10-11,15H,8-9,12-13H2/b17-11+. The van der Waals surface area contributed by atoms with E-state index in [1.165, 1.54) is 11.3 Å². The van der Waals surface area contributed by atoms with E-state index in [0.29, 0.717) is 11.4 Å². The molecule has 4 rings (SSSR count). The molecule has 0 radical (unpaired) electrons. The number of carbonyl (C=O) groups is 3. The molecule has 3 amide bonds. The van der Waals surface area contributed by atoms with Crippen LogP contribution in [0.5, 0.6) is 0 Å². The van der Waals surface area contributed by atoms with Crippen LogP contribution < -0.4 is 0 Å². The van der Waals surface area contributed by atoms with Gasteiger partial charge in [0.1, 0.15) is 6.54 Å². The number of benzene rings is 1. The zero-order valence-electron chi connectivity index (χ0n) is 14.5. The topological polar surface area (TPSA) is 57.7 Å². The highest BCUT2D eigenvalue weighted by Gasteiger charge is 2.39. The number of imide groups is 1. The Bertz CT molecular complexity index is 889. The summed E-state index contributed by atoms with van der Waals surface area (Å²) < 4.78 is 0. The van der Waals surface area contributed by atoms with Gasteiger partial charge in [0.2, 0.25) is 5.91 Å². The van der Waals surface area contributed by atoms with Crippen LogP contribution in [0.2, 0.25) is 0 Å². The van der Waals surface area contributed by atoms with Crippen molar-refractivity contribution in [2.24, 2.45) is 0 Å². The van der Waals surface area contributed by atoms with E-state index in [2.05, 4.69) is 0 Å². The summed E-state index contributed by atoms with van der Waals surface area (Å²) in [6.07, 6.45) is 3.65. The molecule has 7 heteroatoms. The van der Waals surface area contributed by atoms with Crippen LogP contribution in [0.1, 0.15) is 23.3 Å². The van der Waals surface area contributed by atoms with Gasteiger partial charge in [-0.2, -0.15) is 0 Å². The zero-order valence-corrected chi connectivity index (χ0v) is 16.2. The van der Waals surface area contributed by atoms with Crippen molar-refractivity contribution < 1.29 is 14.4 Å². The third-order valence-corrected chi connectivity index (χ3v) is 6.21. The summed E-state index contributed by atoms with van der Waals surface area (Å²) in [6.45, 7) is 0.307. The average Bonchev–Trinajstić information content (AvgIpc) is 3.32. The maximum Gasteiger partial charge on any atom is 0.294 e. The molecule has 2 heterocycles. The lowest BCUT2D eigenvalue weighted by molar-refractivity contribution is -0.136. The SMILES string of the molecule is O=C1S/C(=C/c2cccs2)C(=O)N1CC(=O)N(Cc1ccccc1)C1CC1. The van der Waals surface area contributed by atoms with Crippen molar-refractivity contribution in [3.05, 3.63) is 63.2 Å². The van der Waals surface area contributed by atoms with E-state index in [-0.39, 0.29) is 29.6 Å². The van der Waals surface area contributed by atoms with Gasteiger partial charge in [0.15, 0.2) is 0 Å². The van der Waals surface area contributed by atoms with Crippen LogP contribution in [0.15, 0.2) is 52.7 Å². The number of nitrogens with zero attached hydrogens (tertiary/aromatic N) is 2. The minimum atomic E-state index is -0.387. The van der Waals surface area contributed by atoms with E-state index in [1.54, 1.807) is 11.0 Å². The van der Waals surface area contributed by atoms with Crippen molar-refractivity contribution in [3.8, 4) is 0 Å². The lowest BCUT2D eigenvalue weighted by atomic mass is 10.2. The third-order valence-electron chi connectivity index (χ3n) is 4.49. The van der Waals surface area contributed by atoms with Crippen molar-refractivity contribution in [2.75, 3.05) is 6.54 Å². The summed E-state index contributed by atoms with van der Waals surface area (Å²) in [5.41, 5.74) is 1.05. The Kier molecular flexibility index (Phi) is 5.13. The van der Waals surface area contributed by atoms with Crippen LogP contribution >= 0.6 is 23.1 Å². The minimum absolute atomic E-state index is 0.180. The molecule has 1 aromatic heterocycles. The van der Waals surface area contributed by atoms with Crippen LogP contribution in [0, 0.1) is 0 Å². The predicted octanol–water partition coefficient (Wildman–Crippen LogP) is 3.98. The number of thioether (sulfide) groups is 1. The number of amides is 3. The Balaban J connectivity index is 1.46. The van der Waals surface area contributed by atoms with Gasteiger partial charge >= 0.3 is 0 Å². The molecule has 5 nitrogen and oxygen atoms in total. The van der Waals surface area contributed by atoms with Gasteiger partial charge in [-0.3, -0.25) is 19.3 Å².